The van der Waals surface area contributed by atoms with E-state index in [-0.39, 0.29) is 17.4 Å². The van der Waals surface area contributed by atoms with Gasteiger partial charge in [-0.25, -0.2) is 0 Å². The van der Waals surface area contributed by atoms with Crippen molar-refractivity contribution >= 4 is 17.4 Å². The zero-order chi connectivity index (χ0) is 23.3. The fourth-order valence-electron chi connectivity index (χ4n) is 3.91. The summed E-state index contributed by atoms with van der Waals surface area (Å²) in [6.45, 7) is 10.7. The fourth-order valence-corrected chi connectivity index (χ4v) is 3.91. The van der Waals surface area contributed by atoms with E-state index in [2.05, 4.69) is 23.7 Å². The molecule has 7 nitrogen and oxygen atoms in total. The first-order valence-electron chi connectivity index (χ1n) is 11.0. The molecule has 1 aromatic carbocycles. The van der Waals surface area contributed by atoms with Crippen molar-refractivity contribution < 1.29 is 19.4 Å². The van der Waals surface area contributed by atoms with Gasteiger partial charge in [0, 0.05) is 31.0 Å². The standard InChI is InChI=1S/C25H31N3O4/c1-5-27(6-2)15-16-28-22(18-11-13-26-14-12-18)21(24(30)25(28)31)23(29)19-7-9-20(10-8-19)32-17(3)4/h7-14,17,22,29H,5-6,15-16H2,1-4H3/b23-21-. The van der Waals surface area contributed by atoms with Crippen molar-refractivity contribution in [1.82, 2.24) is 14.8 Å². The van der Waals surface area contributed by atoms with Crippen LogP contribution in [0.5, 0.6) is 5.75 Å². The van der Waals surface area contributed by atoms with E-state index in [1.807, 2.05) is 13.8 Å². The van der Waals surface area contributed by atoms with E-state index in [1.54, 1.807) is 53.7 Å². The maximum atomic E-state index is 13.0. The topological polar surface area (TPSA) is 83.0 Å². The number of ketones is 1. The molecule has 1 atom stereocenters. The van der Waals surface area contributed by atoms with Crippen molar-refractivity contribution in [3.8, 4) is 5.75 Å². The summed E-state index contributed by atoms with van der Waals surface area (Å²) in [5.41, 5.74) is 1.29. The van der Waals surface area contributed by atoms with Crippen LogP contribution < -0.4 is 4.74 Å². The minimum atomic E-state index is -0.675. The Morgan fingerprint density at radius 3 is 2.28 bits per heavy atom. The Kier molecular flexibility index (Phi) is 7.64. The third-order valence-electron chi connectivity index (χ3n) is 5.61. The van der Waals surface area contributed by atoms with Gasteiger partial charge in [-0.3, -0.25) is 14.6 Å². The third-order valence-corrected chi connectivity index (χ3v) is 5.61. The Labute approximate surface area is 189 Å². The van der Waals surface area contributed by atoms with Crippen LogP contribution in [0.1, 0.15) is 44.9 Å². The number of hydrogen-bond acceptors (Lipinski definition) is 6. The predicted octanol–water partition coefficient (Wildman–Crippen LogP) is 3.63. The maximum absolute atomic E-state index is 13.0. The molecule has 1 aliphatic rings. The summed E-state index contributed by atoms with van der Waals surface area (Å²) < 4.78 is 5.66. The van der Waals surface area contributed by atoms with E-state index in [0.29, 0.717) is 24.4 Å². The largest absolute Gasteiger partial charge is 0.507 e. The van der Waals surface area contributed by atoms with Crippen molar-refractivity contribution in [2.75, 3.05) is 26.2 Å². The lowest BCUT2D eigenvalue weighted by Gasteiger charge is -2.28. The lowest BCUT2D eigenvalue weighted by Crippen LogP contribution is -2.38. The van der Waals surface area contributed by atoms with Gasteiger partial charge in [-0.2, -0.15) is 0 Å². The number of likely N-dealkylation sites (N-methyl/N-ethyl adjacent to an activating group) is 1. The number of benzene rings is 1. The van der Waals surface area contributed by atoms with Gasteiger partial charge < -0.3 is 19.6 Å². The molecule has 170 valence electrons. The molecule has 2 aromatic rings. The van der Waals surface area contributed by atoms with Gasteiger partial charge in [0.25, 0.3) is 11.7 Å². The molecule has 0 bridgehead atoms. The second-order valence-corrected chi connectivity index (χ2v) is 7.99. The second-order valence-electron chi connectivity index (χ2n) is 7.99. The number of hydrogen-bond donors (Lipinski definition) is 1. The molecule has 1 amide bonds. The van der Waals surface area contributed by atoms with E-state index in [1.165, 1.54) is 0 Å². The highest BCUT2D eigenvalue weighted by Crippen LogP contribution is 2.39. The van der Waals surface area contributed by atoms with Crippen LogP contribution in [0, 0.1) is 0 Å². The van der Waals surface area contributed by atoms with Crippen LogP contribution in [0.15, 0.2) is 54.4 Å². The number of amides is 1. The first kappa shape index (κ1) is 23.5. The van der Waals surface area contributed by atoms with Crippen LogP contribution in [-0.4, -0.2) is 63.9 Å². The predicted molar refractivity (Wildman–Crippen MR) is 123 cm³/mol. The van der Waals surface area contributed by atoms with Gasteiger partial charge in [0.1, 0.15) is 11.5 Å². The normalized spacial score (nSPS) is 18.1. The Morgan fingerprint density at radius 2 is 1.72 bits per heavy atom. The van der Waals surface area contributed by atoms with Crippen LogP contribution >= 0.6 is 0 Å². The van der Waals surface area contributed by atoms with Crippen molar-refractivity contribution in [1.29, 1.82) is 0 Å². The molecule has 1 aromatic heterocycles. The number of carbonyl (C=O) groups excluding carboxylic acids is 2. The molecule has 0 saturated carbocycles. The van der Waals surface area contributed by atoms with E-state index in [0.717, 1.165) is 18.7 Å². The second kappa shape index (κ2) is 10.4. The molecule has 0 spiro atoms. The van der Waals surface area contributed by atoms with Crippen molar-refractivity contribution in [3.63, 3.8) is 0 Å². The number of aromatic nitrogens is 1. The number of nitrogens with zero attached hydrogens (tertiary/aromatic N) is 3. The third kappa shape index (κ3) is 4.99. The molecular formula is C25H31N3O4. The number of rotatable bonds is 9. The molecule has 7 heteroatoms. The quantitative estimate of drug-likeness (QED) is 0.366. The molecule has 1 unspecified atom stereocenters. The average molecular weight is 438 g/mol. The summed E-state index contributed by atoms with van der Waals surface area (Å²) in [5, 5.41) is 11.1. The molecule has 1 fully saturated rings. The van der Waals surface area contributed by atoms with E-state index in [9.17, 15) is 14.7 Å². The zero-order valence-corrected chi connectivity index (χ0v) is 19.1. The summed E-state index contributed by atoms with van der Waals surface area (Å²) in [5.74, 6) is -0.792. The van der Waals surface area contributed by atoms with Gasteiger partial charge >= 0.3 is 0 Å². The Hall–Kier alpha value is -3.19. The van der Waals surface area contributed by atoms with Crippen LogP contribution in [0.25, 0.3) is 5.76 Å². The maximum Gasteiger partial charge on any atom is 0.295 e. The molecular weight excluding hydrogens is 406 g/mol. The van der Waals surface area contributed by atoms with Crippen LogP contribution in [-0.2, 0) is 9.59 Å². The summed E-state index contributed by atoms with van der Waals surface area (Å²) >= 11 is 0. The zero-order valence-electron chi connectivity index (χ0n) is 19.1. The van der Waals surface area contributed by atoms with Gasteiger partial charge in [-0.15, -0.1) is 0 Å². The fraction of sp³-hybridized carbons (Fsp3) is 0.400. The summed E-state index contributed by atoms with van der Waals surface area (Å²) in [7, 11) is 0. The molecule has 3 rings (SSSR count). The number of likely N-dealkylation sites (tertiary alicyclic amines) is 1. The molecule has 1 N–H and O–H groups in total. The van der Waals surface area contributed by atoms with Gasteiger partial charge in [-0.05, 0) is 68.9 Å². The van der Waals surface area contributed by atoms with Crippen LogP contribution in [0.4, 0.5) is 0 Å². The number of aliphatic hydroxyl groups excluding tert-OH is 1. The van der Waals surface area contributed by atoms with Crippen molar-refractivity contribution in [3.05, 3.63) is 65.5 Å². The minimum Gasteiger partial charge on any atom is -0.507 e. The van der Waals surface area contributed by atoms with Gasteiger partial charge in [0.15, 0.2) is 0 Å². The Bertz CT molecular complexity index is 966. The lowest BCUT2D eigenvalue weighted by atomic mass is 9.96. The average Bonchev–Trinajstić information content (AvgIpc) is 3.05. The van der Waals surface area contributed by atoms with Gasteiger partial charge in [0.05, 0.1) is 17.7 Å². The first-order valence-corrected chi connectivity index (χ1v) is 11.0. The highest BCUT2D eigenvalue weighted by Gasteiger charge is 2.45. The highest BCUT2D eigenvalue weighted by molar-refractivity contribution is 6.46. The van der Waals surface area contributed by atoms with Crippen molar-refractivity contribution in [2.45, 2.75) is 39.8 Å². The van der Waals surface area contributed by atoms with Crippen molar-refractivity contribution in [2.24, 2.45) is 0 Å². The van der Waals surface area contributed by atoms with E-state index < -0.39 is 17.7 Å². The Balaban J connectivity index is 2.02. The lowest BCUT2D eigenvalue weighted by molar-refractivity contribution is -0.140. The molecule has 2 heterocycles. The highest BCUT2D eigenvalue weighted by atomic mass is 16.5. The molecule has 0 aliphatic carbocycles. The minimum absolute atomic E-state index is 0.0252. The summed E-state index contributed by atoms with van der Waals surface area (Å²) in [6, 6.07) is 9.75. The SMILES string of the molecule is CCN(CC)CCN1C(=O)C(=O)/C(=C(\O)c2ccc(OC(C)C)cc2)C1c1ccncc1. The summed E-state index contributed by atoms with van der Waals surface area (Å²) in [4.78, 5) is 33.8. The van der Waals surface area contributed by atoms with Crippen LogP contribution in [0.3, 0.4) is 0 Å². The number of pyridine rings is 1. The van der Waals surface area contributed by atoms with Gasteiger partial charge in [-0.1, -0.05) is 13.8 Å². The smallest absolute Gasteiger partial charge is 0.295 e. The van der Waals surface area contributed by atoms with Gasteiger partial charge in [0.2, 0.25) is 0 Å². The number of ether oxygens (including phenoxy) is 1. The number of aliphatic hydroxyl groups is 1. The number of carbonyl (C=O) groups is 2. The monoisotopic (exact) mass is 437 g/mol. The molecule has 1 saturated heterocycles. The molecule has 1 aliphatic heterocycles. The molecule has 32 heavy (non-hydrogen) atoms. The van der Waals surface area contributed by atoms with Crippen LogP contribution in [0.2, 0.25) is 0 Å². The Morgan fingerprint density at radius 1 is 1.09 bits per heavy atom. The number of Topliss-reactive ketones (excluding diaryl/α,β-unsaturated/α-hetero) is 1. The van der Waals surface area contributed by atoms with E-state index >= 15 is 0 Å². The molecule has 0 radical (unpaired) electrons. The first-order chi connectivity index (χ1) is 15.4. The van der Waals surface area contributed by atoms with E-state index in [4.69, 9.17) is 4.74 Å². The summed E-state index contributed by atoms with van der Waals surface area (Å²) in [6.07, 6.45) is 3.27.